The summed E-state index contributed by atoms with van der Waals surface area (Å²) in [6.07, 6.45) is 3.19. The Hall–Kier alpha value is -1.55. The Labute approximate surface area is 126 Å². The molecule has 1 unspecified atom stereocenters. The van der Waals surface area contributed by atoms with Crippen molar-refractivity contribution in [3.8, 4) is 11.5 Å². The summed E-state index contributed by atoms with van der Waals surface area (Å²) in [5, 5.41) is 0. The van der Waals surface area contributed by atoms with Gasteiger partial charge in [0.1, 0.15) is 13.2 Å². The minimum Gasteiger partial charge on any atom is -0.486 e. The number of ketones is 1. The van der Waals surface area contributed by atoms with Gasteiger partial charge in [0.05, 0.1) is 5.54 Å². The fourth-order valence-electron chi connectivity index (χ4n) is 3.23. The smallest absolute Gasteiger partial charge is 0.182 e. The van der Waals surface area contributed by atoms with E-state index in [9.17, 15) is 4.79 Å². The van der Waals surface area contributed by atoms with E-state index < -0.39 is 5.54 Å². The van der Waals surface area contributed by atoms with Crippen molar-refractivity contribution in [2.75, 3.05) is 26.3 Å². The van der Waals surface area contributed by atoms with Gasteiger partial charge in [0.2, 0.25) is 0 Å². The summed E-state index contributed by atoms with van der Waals surface area (Å²) in [4.78, 5) is 15.4. The first kappa shape index (κ1) is 14.4. The lowest BCUT2D eigenvalue weighted by molar-refractivity contribution is 0.0646. The number of carbonyl (C=O) groups is 1. The number of nitrogens with zero attached hydrogens (tertiary/aromatic N) is 1. The zero-order chi connectivity index (χ0) is 14.9. The second kappa shape index (κ2) is 5.68. The molecule has 21 heavy (non-hydrogen) atoms. The number of fused-ring (bicyclic) bond motifs is 1. The number of carbonyl (C=O) groups excluding carboxylic acids is 1. The number of ether oxygens (including phenoxy) is 2. The molecule has 0 bridgehead atoms. The molecule has 1 atom stereocenters. The molecule has 0 radical (unpaired) electrons. The van der Waals surface area contributed by atoms with Crippen LogP contribution in [0.1, 0.15) is 43.5 Å². The van der Waals surface area contributed by atoms with E-state index in [4.69, 9.17) is 9.47 Å². The highest BCUT2D eigenvalue weighted by Crippen LogP contribution is 2.34. The van der Waals surface area contributed by atoms with Gasteiger partial charge >= 0.3 is 0 Å². The van der Waals surface area contributed by atoms with Crippen LogP contribution in [0.5, 0.6) is 11.5 Å². The van der Waals surface area contributed by atoms with Crippen molar-refractivity contribution < 1.29 is 14.3 Å². The minimum absolute atomic E-state index is 0.184. The van der Waals surface area contributed by atoms with E-state index in [0.717, 1.165) is 30.8 Å². The molecule has 1 saturated heterocycles. The van der Waals surface area contributed by atoms with E-state index in [1.165, 1.54) is 12.8 Å². The molecule has 0 saturated carbocycles. The summed E-state index contributed by atoms with van der Waals surface area (Å²) >= 11 is 0. The quantitative estimate of drug-likeness (QED) is 0.799. The summed E-state index contributed by atoms with van der Waals surface area (Å²) in [5.74, 6) is 1.60. The van der Waals surface area contributed by atoms with Crippen molar-refractivity contribution in [3.05, 3.63) is 23.8 Å². The highest BCUT2D eigenvalue weighted by atomic mass is 16.6. The lowest BCUT2D eigenvalue weighted by Crippen LogP contribution is -2.50. The molecule has 1 fully saturated rings. The Morgan fingerprint density at radius 3 is 2.52 bits per heavy atom. The molecular weight excluding hydrogens is 266 g/mol. The molecule has 2 aliphatic rings. The molecule has 3 rings (SSSR count). The first-order chi connectivity index (χ1) is 10.1. The standard InChI is InChI=1S/C17H23NO3/c1-3-17(2,18-8-4-5-9-18)16(19)13-6-7-14-15(12-13)21-11-10-20-14/h6-7,12H,3-5,8-11H2,1-2H3. The lowest BCUT2D eigenvalue weighted by atomic mass is 9.87. The van der Waals surface area contributed by atoms with Gasteiger partial charge in [0.15, 0.2) is 17.3 Å². The number of rotatable bonds is 4. The van der Waals surface area contributed by atoms with E-state index in [0.29, 0.717) is 19.0 Å². The number of likely N-dealkylation sites (tertiary alicyclic amines) is 1. The van der Waals surface area contributed by atoms with Gasteiger partial charge < -0.3 is 9.47 Å². The summed E-state index contributed by atoms with van der Waals surface area (Å²) in [6, 6.07) is 5.54. The molecule has 0 aromatic heterocycles. The molecule has 2 heterocycles. The number of benzene rings is 1. The zero-order valence-corrected chi connectivity index (χ0v) is 12.9. The van der Waals surface area contributed by atoms with Crippen LogP contribution in [0.3, 0.4) is 0 Å². The Balaban J connectivity index is 1.89. The van der Waals surface area contributed by atoms with E-state index >= 15 is 0 Å². The van der Waals surface area contributed by atoms with Gasteiger partial charge in [-0.15, -0.1) is 0 Å². The topological polar surface area (TPSA) is 38.8 Å². The molecule has 4 nitrogen and oxygen atoms in total. The maximum atomic E-state index is 13.0. The zero-order valence-electron chi connectivity index (χ0n) is 12.9. The van der Waals surface area contributed by atoms with Gasteiger partial charge in [-0.2, -0.15) is 0 Å². The normalized spacial score (nSPS) is 21.0. The van der Waals surface area contributed by atoms with Crippen LogP contribution in [-0.4, -0.2) is 42.5 Å². The predicted molar refractivity (Wildman–Crippen MR) is 81.3 cm³/mol. The average molecular weight is 289 g/mol. The maximum Gasteiger partial charge on any atom is 0.182 e. The second-order valence-electron chi connectivity index (χ2n) is 6.01. The highest BCUT2D eigenvalue weighted by molar-refractivity contribution is 6.03. The monoisotopic (exact) mass is 289 g/mol. The van der Waals surface area contributed by atoms with Crippen LogP contribution in [0.15, 0.2) is 18.2 Å². The van der Waals surface area contributed by atoms with Crippen molar-refractivity contribution >= 4 is 5.78 Å². The highest BCUT2D eigenvalue weighted by Gasteiger charge is 2.39. The summed E-state index contributed by atoms with van der Waals surface area (Å²) in [6.45, 7) is 7.30. The molecule has 0 aliphatic carbocycles. The Morgan fingerprint density at radius 2 is 1.86 bits per heavy atom. The van der Waals surface area contributed by atoms with Gasteiger partial charge in [-0.1, -0.05) is 6.92 Å². The second-order valence-corrected chi connectivity index (χ2v) is 6.01. The maximum absolute atomic E-state index is 13.0. The van der Waals surface area contributed by atoms with E-state index in [1.807, 2.05) is 18.2 Å². The number of hydrogen-bond acceptors (Lipinski definition) is 4. The fourth-order valence-corrected chi connectivity index (χ4v) is 3.23. The molecular formula is C17H23NO3. The van der Waals surface area contributed by atoms with Crippen LogP contribution in [0.25, 0.3) is 0 Å². The van der Waals surface area contributed by atoms with Gasteiger partial charge in [-0.05, 0) is 57.5 Å². The van der Waals surface area contributed by atoms with E-state index in [2.05, 4.69) is 18.7 Å². The number of Topliss-reactive ketones (excluding diaryl/α,β-unsaturated/α-hetero) is 1. The third-order valence-electron chi connectivity index (χ3n) is 4.79. The van der Waals surface area contributed by atoms with Crippen molar-refractivity contribution in [2.45, 2.75) is 38.6 Å². The molecule has 1 aromatic carbocycles. The molecule has 0 spiro atoms. The van der Waals surface area contributed by atoms with E-state index in [-0.39, 0.29) is 5.78 Å². The fraction of sp³-hybridized carbons (Fsp3) is 0.588. The minimum atomic E-state index is -0.416. The Morgan fingerprint density at radius 1 is 1.19 bits per heavy atom. The summed E-state index contributed by atoms with van der Waals surface area (Å²) < 4.78 is 11.1. The number of hydrogen-bond donors (Lipinski definition) is 0. The van der Waals surface area contributed by atoms with Crippen molar-refractivity contribution in [1.29, 1.82) is 0 Å². The van der Waals surface area contributed by atoms with Crippen LogP contribution >= 0.6 is 0 Å². The molecule has 0 N–H and O–H groups in total. The van der Waals surface area contributed by atoms with Crippen molar-refractivity contribution in [2.24, 2.45) is 0 Å². The molecule has 114 valence electrons. The van der Waals surface area contributed by atoms with Crippen molar-refractivity contribution in [1.82, 2.24) is 4.90 Å². The molecule has 0 amide bonds. The Kier molecular flexibility index (Phi) is 3.89. The van der Waals surface area contributed by atoms with E-state index in [1.54, 1.807) is 0 Å². The predicted octanol–water partition coefficient (Wildman–Crippen LogP) is 2.91. The first-order valence-corrected chi connectivity index (χ1v) is 7.84. The van der Waals surface area contributed by atoms with Crippen LogP contribution in [0.2, 0.25) is 0 Å². The SMILES string of the molecule is CCC(C)(C(=O)c1ccc2c(c1)OCCO2)N1CCCC1. The van der Waals surface area contributed by atoms with Crippen LogP contribution in [0.4, 0.5) is 0 Å². The van der Waals surface area contributed by atoms with Gasteiger partial charge in [-0.25, -0.2) is 0 Å². The summed E-state index contributed by atoms with van der Waals surface area (Å²) in [5.41, 5.74) is 0.302. The largest absolute Gasteiger partial charge is 0.486 e. The average Bonchev–Trinajstić information content (AvgIpc) is 3.08. The van der Waals surface area contributed by atoms with Crippen LogP contribution < -0.4 is 9.47 Å². The summed E-state index contributed by atoms with van der Waals surface area (Å²) in [7, 11) is 0. The van der Waals surface area contributed by atoms with Crippen LogP contribution in [0, 0.1) is 0 Å². The van der Waals surface area contributed by atoms with Gasteiger partial charge in [0, 0.05) is 5.56 Å². The molecule has 4 heteroatoms. The van der Waals surface area contributed by atoms with Crippen molar-refractivity contribution in [3.63, 3.8) is 0 Å². The Bertz CT molecular complexity index is 537. The first-order valence-electron chi connectivity index (χ1n) is 7.84. The van der Waals surface area contributed by atoms with Gasteiger partial charge in [-0.3, -0.25) is 9.69 Å². The lowest BCUT2D eigenvalue weighted by Gasteiger charge is -2.36. The molecule has 1 aromatic rings. The molecule has 2 aliphatic heterocycles. The van der Waals surface area contributed by atoms with Gasteiger partial charge in [0.25, 0.3) is 0 Å². The third-order valence-corrected chi connectivity index (χ3v) is 4.79. The van der Waals surface area contributed by atoms with Crippen LogP contribution in [-0.2, 0) is 0 Å². The third kappa shape index (κ3) is 2.53.